The van der Waals surface area contributed by atoms with Crippen molar-refractivity contribution in [2.75, 3.05) is 0 Å². The molecule has 0 aromatic heterocycles. The summed E-state index contributed by atoms with van der Waals surface area (Å²) in [6.07, 6.45) is 1.79. The van der Waals surface area contributed by atoms with E-state index in [-0.39, 0.29) is 22.1 Å². The summed E-state index contributed by atoms with van der Waals surface area (Å²) in [5.41, 5.74) is 12.6. The summed E-state index contributed by atoms with van der Waals surface area (Å²) in [5.74, 6) is -0.0420. The fourth-order valence-corrected chi connectivity index (χ4v) is 3.91. The Morgan fingerprint density at radius 1 is 1.33 bits per heavy atom. The van der Waals surface area contributed by atoms with Gasteiger partial charge in [-0.05, 0) is 30.5 Å². The predicted molar refractivity (Wildman–Crippen MR) is 107 cm³/mol. The van der Waals surface area contributed by atoms with Crippen LogP contribution in [0.15, 0.2) is 34.3 Å². The molecule has 1 amide bonds. The van der Waals surface area contributed by atoms with Gasteiger partial charge in [0, 0.05) is 6.92 Å². The molecule has 1 aliphatic heterocycles. The molecular weight excluding hydrogens is 390 g/mol. The first kappa shape index (κ1) is 20.5. The molecule has 24 heavy (non-hydrogen) atoms. The van der Waals surface area contributed by atoms with Crippen molar-refractivity contribution < 1.29 is 4.79 Å². The molecule has 1 heterocycles. The highest BCUT2D eigenvalue weighted by Crippen LogP contribution is 2.33. The van der Waals surface area contributed by atoms with Gasteiger partial charge < -0.3 is 16.8 Å². The van der Waals surface area contributed by atoms with Crippen LogP contribution < -0.4 is 16.8 Å². The first-order valence-electron chi connectivity index (χ1n) is 7.79. The van der Waals surface area contributed by atoms with Crippen molar-refractivity contribution in [1.82, 2.24) is 5.32 Å². The summed E-state index contributed by atoms with van der Waals surface area (Å²) in [4.78, 5) is 19.6. The normalized spacial score (nSPS) is 18.9. The van der Waals surface area contributed by atoms with Gasteiger partial charge in [-0.25, -0.2) is 4.99 Å². The number of thioether (sulfide) groups is 1. The lowest BCUT2D eigenvalue weighted by Gasteiger charge is -2.10. The fraction of sp³-hybridized carbons (Fsp3) is 0.438. The van der Waals surface area contributed by atoms with Gasteiger partial charge >= 0.3 is 0 Å². The van der Waals surface area contributed by atoms with Crippen molar-refractivity contribution in [1.29, 1.82) is 0 Å². The van der Waals surface area contributed by atoms with Crippen molar-refractivity contribution >= 4 is 50.4 Å². The van der Waals surface area contributed by atoms with Gasteiger partial charge in [-0.15, -0.1) is 0 Å². The van der Waals surface area contributed by atoms with E-state index in [1.165, 1.54) is 24.2 Å². The van der Waals surface area contributed by atoms with Gasteiger partial charge in [0.25, 0.3) is 0 Å². The van der Waals surface area contributed by atoms with Crippen LogP contribution in [0.4, 0.5) is 5.69 Å². The Hall–Kier alpha value is -1.54. The van der Waals surface area contributed by atoms with Crippen molar-refractivity contribution in [3.63, 3.8) is 0 Å². The molecule has 0 bridgehead atoms. The van der Waals surface area contributed by atoms with Gasteiger partial charge in [-0.2, -0.15) is 0 Å². The zero-order valence-electron chi connectivity index (χ0n) is 14.1. The Morgan fingerprint density at radius 2 is 1.96 bits per heavy atom. The standard InChI is InChI=1S/C14H18BrN5OS.C2H6/c1-8(21)18-14-20-11(12(15)22-14)7-4-9-2-5-10(6-3-9)19-13(16)17;1-2/h2-3,5-6,11-12H,4,7H2,1H3,(H4,16,17,19)(H,18,20,21);1-2H3. The maximum atomic E-state index is 11.1. The highest BCUT2D eigenvalue weighted by Gasteiger charge is 2.28. The molecule has 2 unspecified atom stereocenters. The van der Waals surface area contributed by atoms with Crippen LogP contribution in [0.25, 0.3) is 0 Å². The second-order valence-electron chi connectivity index (χ2n) is 4.89. The highest BCUT2D eigenvalue weighted by atomic mass is 79.9. The zero-order valence-corrected chi connectivity index (χ0v) is 16.5. The Bertz CT molecular complexity index is 599. The van der Waals surface area contributed by atoms with Crippen LogP contribution in [0.3, 0.4) is 0 Å². The number of rotatable bonds is 4. The lowest BCUT2D eigenvalue weighted by atomic mass is 10.1. The molecule has 0 aliphatic carbocycles. The van der Waals surface area contributed by atoms with Crippen LogP contribution in [-0.2, 0) is 11.2 Å². The van der Waals surface area contributed by atoms with E-state index in [0.717, 1.165) is 18.5 Å². The number of amidine groups is 1. The predicted octanol–water partition coefficient (Wildman–Crippen LogP) is 2.88. The quantitative estimate of drug-likeness (QED) is 0.400. The minimum absolute atomic E-state index is 0.0534. The van der Waals surface area contributed by atoms with E-state index in [2.05, 4.69) is 31.2 Å². The SMILES string of the molecule is CC.CC(=O)NC1=NC(CCc2ccc(N=C(N)N)cc2)C(Br)S1. The molecule has 2 atom stereocenters. The number of carbonyl (C=O) groups is 1. The van der Waals surface area contributed by atoms with Gasteiger partial charge in [0.15, 0.2) is 11.1 Å². The number of aliphatic imine (C=N–C) groups is 2. The molecule has 2 rings (SSSR count). The van der Waals surface area contributed by atoms with Crippen molar-refractivity contribution in [2.24, 2.45) is 21.5 Å². The molecule has 5 N–H and O–H groups in total. The number of nitrogens with zero attached hydrogens (tertiary/aromatic N) is 2. The number of aryl methyl sites for hydroxylation is 1. The Kier molecular flexibility index (Phi) is 8.84. The van der Waals surface area contributed by atoms with E-state index in [4.69, 9.17) is 11.5 Å². The molecule has 0 saturated carbocycles. The summed E-state index contributed by atoms with van der Waals surface area (Å²) < 4.78 is 0.190. The van der Waals surface area contributed by atoms with E-state index < -0.39 is 0 Å². The van der Waals surface area contributed by atoms with E-state index in [0.29, 0.717) is 5.17 Å². The molecule has 0 radical (unpaired) electrons. The first-order valence-corrected chi connectivity index (χ1v) is 9.58. The molecule has 1 aliphatic rings. The van der Waals surface area contributed by atoms with Crippen molar-refractivity contribution in [3.05, 3.63) is 29.8 Å². The van der Waals surface area contributed by atoms with Crippen LogP contribution in [-0.4, -0.2) is 27.2 Å². The molecule has 1 aromatic rings. The van der Waals surface area contributed by atoms with Crippen molar-refractivity contribution in [3.8, 4) is 0 Å². The van der Waals surface area contributed by atoms with Gasteiger partial charge in [0.2, 0.25) is 5.91 Å². The molecule has 1 aromatic carbocycles. The second-order valence-corrected chi connectivity index (χ2v) is 7.62. The molecular formula is C16H24BrN5OS. The number of hydrogen-bond donors (Lipinski definition) is 3. The topological polar surface area (TPSA) is 106 Å². The lowest BCUT2D eigenvalue weighted by Crippen LogP contribution is -2.24. The molecule has 0 spiro atoms. The van der Waals surface area contributed by atoms with Crippen LogP contribution in [0.2, 0.25) is 0 Å². The first-order chi connectivity index (χ1) is 11.4. The highest BCUT2D eigenvalue weighted by molar-refractivity contribution is 9.11. The Labute approximate surface area is 155 Å². The number of carbonyl (C=O) groups excluding carboxylic acids is 1. The number of alkyl halides is 1. The summed E-state index contributed by atoms with van der Waals surface area (Å²) >= 11 is 5.13. The third-order valence-corrected chi connectivity index (χ3v) is 5.16. The van der Waals surface area contributed by atoms with Crippen LogP contribution in [0.5, 0.6) is 0 Å². The van der Waals surface area contributed by atoms with E-state index in [9.17, 15) is 4.79 Å². The summed E-state index contributed by atoms with van der Waals surface area (Å²) in [6, 6.07) is 7.92. The maximum absolute atomic E-state index is 11.1. The van der Waals surface area contributed by atoms with Crippen LogP contribution in [0, 0.1) is 0 Å². The second kappa shape index (κ2) is 10.4. The molecule has 6 nitrogen and oxygen atoms in total. The third kappa shape index (κ3) is 6.92. The number of halogens is 1. The zero-order chi connectivity index (χ0) is 18.1. The minimum atomic E-state index is -0.0954. The molecule has 8 heteroatoms. The minimum Gasteiger partial charge on any atom is -0.370 e. The number of nitrogens with two attached hydrogens (primary N) is 2. The number of hydrogen-bond acceptors (Lipinski definition) is 4. The van der Waals surface area contributed by atoms with Crippen molar-refractivity contribution in [2.45, 2.75) is 43.8 Å². The summed E-state index contributed by atoms with van der Waals surface area (Å²) in [7, 11) is 0. The van der Waals surface area contributed by atoms with E-state index in [1.807, 2.05) is 38.1 Å². The van der Waals surface area contributed by atoms with Gasteiger partial charge in [0.1, 0.15) is 0 Å². The van der Waals surface area contributed by atoms with Gasteiger partial charge in [-0.1, -0.05) is 53.7 Å². The van der Waals surface area contributed by atoms with Crippen LogP contribution >= 0.6 is 27.7 Å². The lowest BCUT2D eigenvalue weighted by molar-refractivity contribution is -0.117. The summed E-state index contributed by atoms with van der Waals surface area (Å²) in [5, 5.41) is 3.41. The average Bonchev–Trinajstić information content (AvgIpc) is 2.87. The van der Waals surface area contributed by atoms with E-state index in [1.54, 1.807) is 0 Å². The Morgan fingerprint density at radius 3 is 2.50 bits per heavy atom. The monoisotopic (exact) mass is 413 g/mol. The van der Waals surface area contributed by atoms with E-state index >= 15 is 0 Å². The largest absolute Gasteiger partial charge is 0.370 e. The summed E-state index contributed by atoms with van der Waals surface area (Å²) in [6.45, 7) is 5.48. The maximum Gasteiger partial charge on any atom is 0.222 e. The fourth-order valence-electron chi connectivity index (χ4n) is 2.03. The average molecular weight is 414 g/mol. The third-order valence-electron chi connectivity index (χ3n) is 3.02. The number of benzene rings is 1. The smallest absolute Gasteiger partial charge is 0.222 e. The number of guanidine groups is 1. The molecule has 0 saturated heterocycles. The number of amides is 1. The van der Waals surface area contributed by atoms with Crippen LogP contribution in [0.1, 0.15) is 32.8 Å². The van der Waals surface area contributed by atoms with Gasteiger partial charge in [-0.3, -0.25) is 9.79 Å². The number of nitrogens with one attached hydrogen (secondary N) is 1. The molecule has 0 fully saturated rings. The Balaban J connectivity index is 0.00000139. The van der Waals surface area contributed by atoms with Gasteiger partial charge in [0.05, 0.1) is 15.9 Å². The molecule has 132 valence electrons.